The van der Waals surface area contributed by atoms with E-state index >= 15 is 0 Å². The summed E-state index contributed by atoms with van der Waals surface area (Å²) in [6, 6.07) is 11.0. The van der Waals surface area contributed by atoms with Gasteiger partial charge >= 0.3 is 5.97 Å². The van der Waals surface area contributed by atoms with Crippen LogP contribution in [0.4, 0.5) is 0 Å². The fraction of sp³-hybridized carbons (Fsp3) is 0.286. The molecule has 2 unspecified atom stereocenters. The minimum absolute atomic E-state index is 0.316. The number of aliphatic hydroxyl groups excluding tert-OH is 1. The lowest BCUT2D eigenvalue weighted by atomic mass is 10.0. The van der Waals surface area contributed by atoms with Crippen LogP contribution in [0.1, 0.15) is 18.7 Å². The van der Waals surface area contributed by atoms with Crippen LogP contribution in [0.15, 0.2) is 40.9 Å². The maximum absolute atomic E-state index is 11.4. The Hall–Kier alpha value is -2.14. The van der Waals surface area contributed by atoms with Crippen molar-refractivity contribution in [2.45, 2.75) is 13.0 Å². The highest BCUT2D eigenvalue weighted by molar-refractivity contribution is 5.72. The van der Waals surface area contributed by atoms with Gasteiger partial charge in [-0.3, -0.25) is 4.79 Å². The van der Waals surface area contributed by atoms with Gasteiger partial charge in [-0.15, -0.1) is 0 Å². The molecule has 0 aliphatic heterocycles. The number of carbonyl (C=O) groups excluding carboxylic acids is 1. The number of nitrogens with zero attached hydrogens (tertiary/aromatic N) is 1. The van der Waals surface area contributed by atoms with Gasteiger partial charge in [-0.25, -0.2) is 0 Å². The molecule has 0 fully saturated rings. The van der Waals surface area contributed by atoms with Gasteiger partial charge in [-0.05, 0) is 6.92 Å². The first-order valence-corrected chi connectivity index (χ1v) is 5.91. The predicted octanol–water partition coefficient (Wildman–Crippen LogP) is 2.18. The van der Waals surface area contributed by atoms with Gasteiger partial charge in [-0.1, -0.05) is 35.5 Å². The first-order valence-electron chi connectivity index (χ1n) is 5.91. The fourth-order valence-electron chi connectivity index (χ4n) is 1.74. The van der Waals surface area contributed by atoms with E-state index in [1.54, 1.807) is 13.0 Å². The number of methoxy groups -OCH3 is 1. The largest absolute Gasteiger partial charge is 0.469 e. The number of benzene rings is 1. The monoisotopic (exact) mass is 261 g/mol. The summed E-state index contributed by atoms with van der Waals surface area (Å²) < 4.78 is 9.76. The summed E-state index contributed by atoms with van der Waals surface area (Å²) in [6.45, 7) is 1.58. The summed E-state index contributed by atoms with van der Waals surface area (Å²) >= 11 is 0. The zero-order valence-corrected chi connectivity index (χ0v) is 10.7. The fourth-order valence-corrected chi connectivity index (χ4v) is 1.74. The molecule has 1 aromatic carbocycles. The van der Waals surface area contributed by atoms with E-state index in [1.807, 2.05) is 30.3 Å². The number of hydrogen-bond donors (Lipinski definition) is 1. The average Bonchev–Trinajstić information content (AvgIpc) is 2.95. The third-order valence-corrected chi connectivity index (χ3v) is 2.94. The molecule has 1 heterocycles. The van der Waals surface area contributed by atoms with Gasteiger partial charge in [0.1, 0.15) is 11.8 Å². The van der Waals surface area contributed by atoms with Crippen molar-refractivity contribution in [3.8, 4) is 11.3 Å². The maximum atomic E-state index is 11.4. The lowest BCUT2D eigenvalue weighted by Crippen LogP contribution is -2.20. The minimum Gasteiger partial charge on any atom is -0.469 e. The Morgan fingerprint density at radius 1 is 1.37 bits per heavy atom. The van der Waals surface area contributed by atoms with Crippen molar-refractivity contribution in [1.29, 1.82) is 0 Å². The van der Waals surface area contributed by atoms with E-state index in [4.69, 9.17) is 4.52 Å². The van der Waals surface area contributed by atoms with Crippen molar-refractivity contribution < 1.29 is 19.2 Å². The summed E-state index contributed by atoms with van der Waals surface area (Å²) in [6.07, 6.45) is -1.05. The molecule has 0 radical (unpaired) electrons. The zero-order valence-electron chi connectivity index (χ0n) is 10.7. The topological polar surface area (TPSA) is 72.6 Å². The van der Waals surface area contributed by atoms with Crippen molar-refractivity contribution in [1.82, 2.24) is 5.16 Å². The van der Waals surface area contributed by atoms with Crippen LogP contribution < -0.4 is 0 Å². The normalized spacial score (nSPS) is 13.8. The molecule has 0 amide bonds. The summed E-state index contributed by atoms with van der Waals surface area (Å²) in [5, 5.41) is 13.8. The van der Waals surface area contributed by atoms with Gasteiger partial charge in [0.05, 0.1) is 13.0 Å². The Morgan fingerprint density at radius 2 is 2.05 bits per heavy atom. The van der Waals surface area contributed by atoms with E-state index in [0.717, 1.165) is 5.56 Å². The van der Waals surface area contributed by atoms with E-state index < -0.39 is 18.0 Å². The van der Waals surface area contributed by atoms with Crippen molar-refractivity contribution in [3.63, 3.8) is 0 Å². The molecule has 5 heteroatoms. The van der Waals surface area contributed by atoms with Crippen LogP contribution in [0.2, 0.25) is 0 Å². The zero-order chi connectivity index (χ0) is 13.8. The molecular weight excluding hydrogens is 246 g/mol. The maximum Gasteiger partial charge on any atom is 0.311 e. The van der Waals surface area contributed by atoms with Crippen molar-refractivity contribution in [2.75, 3.05) is 7.11 Å². The van der Waals surface area contributed by atoms with Crippen LogP contribution in [0, 0.1) is 5.92 Å². The second-order valence-corrected chi connectivity index (χ2v) is 4.24. The van der Waals surface area contributed by atoms with E-state index in [0.29, 0.717) is 11.5 Å². The molecule has 5 nitrogen and oxygen atoms in total. The Morgan fingerprint density at radius 3 is 2.68 bits per heavy atom. The van der Waals surface area contributed by atoms with E-state index in [2.05, 4.69) is 9.89 Å². The molecule has 2 atom stereocenters. The molecular formula is C14H15NO4. The van der Waals surface area contributed by atoms with Gasteiger partial charge in [0.15, 0.2) is 5.76 Å². The highest BCUT2D eigenvalue weighted by atomic mass is 16.5. The number of ether oxygens (including phenoxy) is 1. The van der Waals surface area contributed by atoms with Gasteiger partial charge in [-0.2, -0.15) is 0 Å². The Balaban J connectivity index is 2.20. The second-order valence-electron chi connectivity index (χ2n) is 4.24. The molecule has 100 valence electrons. The van der Waals surface area contributed by atoms with E-state index in [1.165, 1.54) is 7.11 Å². The van der Waals surface area contributed by atoms with Crippen LogP contribution in [0.3, 0.4) is 0 Å². The number of aromatic nitrogens is 1. The van der Waals surface area contributed by atoms with E-state index in [9.17, 15) is 9.90 Å². The van der Waals surface area contributed by atoms with Gasteiger partial charge < -0.3 is 14.4 Å². The van der Waals surface area contributed by atoms with Crippen LogP contribution in [-0.2, 0) is 9.53 Å². The third-order valence-electron chi connectivity index (χ3n) is 2.94. The molecule has 1 N–H and O–H groups in total. The van der Waals surface area contributed by atoms with Crippen molar-refractivity contribution in [2.24, 2.45) is 5.92 Å². The van der Waals surface area contributed by atoms with E-state index in [-0.39, 0.29) is 0 Å². The standard InChI is InChI=1S/C14H15NO4/c1-9(14(17)18-2)13(16)11-8-12(19-15-11)10-6-4-3-5-7-10/h3-9,13,16H,1-2H3. The summed E-state index contributed by atoms with van der Waals surface area (Å²) in [4.78, 5) is 11.4. The molecule has 1 aromatic heterocycles. The lowest BCUT2D eigenvalue weighted by Gasteiger charge is -2.13. The Bertz CT molecular complexity index is 550. The molecule has 19 heavy (non-hydrogen) atoms. The van der Waals surface area contributed by atoms with Crippen LogP contribution in [0.5, 0.6) is 0 Å². The van der Waals surface area contributed by atoms with Crippen molar-refractivity contribution >= 4 is 5.97 Å². The molecule has 0 aliphatic rings. The lowest BCUT2D eigenvalue weighted by molar-refractivity contribution is -0.148. The molecule has 2 rings (SSSR count). The minimum atomic E-state index is -1.05. The first-order chi connectivity index (χ1) is 9.13. The molecule has 0 aliphatic carbocycles. The molecule has 2 aromatic rings. The highest BCUT2D eigenvalue weighted by Crippen LogP contribution is 2.26. The van der Waals surface area contributed by atoms with Gasteiger partial charge in [0, 0.05) is 11.6 Å². The summed E-state index contributed by atoms with van der Waals surface area (Å²) in [7, 11) is 1.28. The number of carbonyl (C=O) groups is 1. The smallest absolute Gasteiger partial charge is 0.311 e. The van der Waals surface area contributed by atoms with Crippen LogP contribution in [0.25, 0.3) is 11.3 Å². The van der Waals surface area contributed by atoms with Crippen molar-refractivity contribution in [3.05, 3.63) is 42.1 Å². The number of aliphatic hydroxyl groups is 1. The predicted molar refractivity (Wildman–Crippen MR) is 68.1 cm³/mol. The number of hydrogen-bond acceptors (Lipinski definition) is 5. The number of esters is 1. The summed E-state index contributed by atoms with van der Waals surface area (Å²) in [5.74, 6) is -0.637. The number of rotatable bonds is 4. The molecule has 0 spiro atoms. The first kappa shape index (κ1) is 13.3. The SMILES string of the molecule is COC(=O)C(C)C(O)c1cc(-c2ccccc2)on1. The summed E-state index contributed by atoms with van der Waals surface area (Å²) in [5.41, 5.74) is 1.18. The third kappa shape index (κ3) is 2.82. The molecule has 0 saturated carbocycles. The Kier molecular flexibility index (Phi) is 3.97. The molecule has 0 saturated heterocycles. The highest BCUT2D eigenvalue weighted by Gasteiger charge is 2.27. The van der Waals surface area contributed by atoms with Crippen LogP contribution >= 0.6 is 0 Å². The average molecular weight is 261 g/mol. The second kappa shape index (κ2) is 5.67. The Labute approximate surface area is 110 Å². The van der Waals surface area contributed by atoms with Gasteiger partial charge in [0.2, 0.25) is 0 Å². The van der Waals surface area contributed by atoms with Crippen LogP contribution in [-0.4, -0.2) is 23.3 Å². The molecule has 0 bridgehead atoms. The quantitative estimate of drug-likeness (QED) is 0.854. The van der Waals surface area contributed by atoms with Gasteiger partial charge in [0.25, 0.3) is 0 Å².